The number of methoxy groups -OCH3 is 1. The molecular weight excluding hydrogens is 432 g/mol. The van der Waals surface area contributed by atoms with Crippen molar-refractivity contribution in [1.82, 2.24) is 5.32 Å². The van der Waals surface area contributed by atoms with E-state index < -0.39 is 0 Å². The van der Waals surface area contributed by atoms with Crippen molar-refractivity contribution in [1.29, 1.82) is 0 Å². The maximum absolute atomic E-state index is 12.3. The van der Waals surface area contributed by atoms with Gasteiger partial charge in [-0.05, 0) is 77.5 Å². The Morgan fingerprint density at radius 1 is 0.968 bits per heavy atom. The molecule has 1 amide bonds. The SMILES string of the molecule is COc1ccc(N=C2NC(=O)C(=Cc3ccc(OCc4ccc(Cl)cc4)cc3)S2)cc1. The molecule has 0 aliphatic carbocycles. The highest BCUT2D eigenvalue weighted by atomic mass is 35.5. The molecule has 0 atom stereocenters. The minimum Gasteiger partial charge on any atom is -0.497 e. The number of hydrogen-bond donors (Lipinski definition) is 1. The summed E-state index contributed by atoms with van der Waals surface area (Å²) in [5.74, 6) is 1.34. The van der Waals surface area contributed by atoms with E-state index in [9.17, 15) is 4.79 Å². The van der Waals surface area contributed by atoms with Crippen LogP contribution in [0.3, 0.4) is 0 Å². The first-order chi connectivity index (χ1) is 15.1. The standard InChI is InChI=1S/C24H19ClN2O3S/c1-29-20-12-8-19(9-13-20)26-24-27-23(28)22(31-24)14-16-4-10-21(11-5-16)30-15-17-2-6-18(25)7-3-17/h2-14H,15H2,1H3,(H,26,27,28). The molecule has 1 saturated heterocycles. The normalized spacial score (nSPS) is 15.9. The zero-order valence-electron chi connectivity index (χ0n) is 16.7. The molecule has 0 bridgehead atoms. The van der Waals surface area contributed by atoms with Crippen LogP contribution in [0.5, 0.6) is 11.5 Å². The number of amidine groups is 1. The van der Waals surface area contributed by atoms with E-state index in [1.54, 1.807) is 7.11 Å². The van der Waals surface area contributed by atoms with Crippen LogP contribution in [0.25, 0.3) is 6.08 Å². The van der Waals surface area contributed by atoms with E-state index in [1.165, 1.54) is 11.8 Å². The van der Waals surface area contributed by atoms with Gasteiger partial charge in [-0.1, -0.05) is 35.9 Å². The summed E-state index contributed by atoms with van der Waals surface area (Å²) in [5.41, 5.74) is 2.69. The molecule has 0 radical (unpaired) electrons. The zero-order valence-corrected chi connectivity index (χ0v) is 18.2. The van der Waals surface area contributed by atoms with Crippen molar-refractivity contribution in [3.8, 4) is 11.5 Å². The lowest BCUT2D eigenvalue weighted by Gasteiger charge is -2.06. The van der Waals surface area contributed by atoms with Crippen molar-refractivity contribution < 1.29 is 14.3 Å². The number of amides is 1. The van der Waals surface area contributed by atoms with E-state index in [1.807, 2.05) is 78.9 Å². The van der Waals surface area contributed by atoms with Crippen molar-refractivity contribution in [2.45, 2.75) is 6.61 Å². The molecule has 7 heteroatoms. The van der Waals surface area contributed by atoms with Gasteiger partial charge in [0.25, 0.3) is 5.91 Å². The first-order valence-corrected chi connectivity index (χ1v) is 10.7. The highest BCUT2D eigenvalue weighted by molar-refractivity contribution is 8.18. The Labute approximate surface area is 189 Å². The Kier molecular flexibility index (Phi) is 6.60. The molecule has 1 fully saturated rings. The van der Waals surface area contributed by atoms with Crippen molar-refractivity contribution in [2.24, 2.45) is 4.99 Å². The monoisotopic (exact) mass is 450 g/mol. The molecule has 3 aromatic rings. The third-order valence-corrected chi connectivity index (χ3v) is 5.61. The number of aliphatic imine (C=N–C) groups is 1. The number of nitrogens with zero attached hydrogens (tertiary/aromatic N) is 1. The van der Waals surface area contributed by atoms with Crippen molar-refractivity contribution in [2.75, 3.05) is 7.11 Å². The number of halogens is 1. The third-order valence-electron chi connectivity index (χ3n) is 4.45. The number of carbonyl (C=O) groups is 1. The molecule has 0 unspecified atom stereocenters. The average molecular weight is 451 g/mol. The average Bonchev–Trinajstić information content (AvgIpc) is 3.13. The second kappa shape index (κ2) is 9.73. The van der Waals surface area contributed by atoms with Crippen LogP contribution in [0.2, 0.25) is 5.02 Å². The third kappa shape index (κ3) is 5.69. The minimum absolute atomic E-state index is 0.166. The number of ether oxygens (including phenoxy) is 2. The number of hydrogen-bond acceptors (Lipinski definition) is 5. The molecular formula is C24H19ClN2O3S. The summed E-state index contributed by atoms with van der Waals surface area (Å²) in [4.78, 5) is 17.4. The molecule has 0 spiro atoms. The smallest absolute Gasteiger partial charge is 0.264 e. The molecule has 1 aliphatic heterocycles. The Balaban J connectivity index is 1.39. The van der Waals surface area contributed by atoms with Crippen molar-refractivity contribution in [3.05, 3.63) is 93.9 Å². The van der Waals surface area contributed by atoms with Gasteiger partial charge < -0.3 is 14.8 Å². The van der Waals surface area contributed by atoms with E-state index >= 15 is 0 Å². The fourth-order valence-corrected chi connectivity index (χ4v) is 3.78. The minimum atomic E-state index is -0.166. The second-order valence-electron chi connectivity index (χ2n) is 6.66. The topological polar surface area (TPSA) is 59.9 Å². The van der Waals surface area contributed by atoms with Crippen LogP contribution >= 0.6 is 23.4 Å². The molecule has 1 aliphatic rings. The molecule has 1 N–H and O–H groups in total. The van der Waals surface area contributed by atoms with Crippen molar-refractivity contribution >= 4 is 46.2 Å². The molecule has 31 heavy (non-hydrogen) atoms. The van der Waals surface area contributed by atoms with Crippen LogP contribution in [0.4, 0.5) is 5.69 Å². The van der Waals surface area contributed by atoms with Gasteiger partial charge in [0.2, 0.25) is 0 Å². The van der Waals surface area contributed by atoms with Crippen LogP contribution in [0.15, 0.2) is 82.7 Å². The van der Waals surface area contributed by atoms with Crippen LogP contribution in [0, 0.1) is 0 Å². The molecule has 5 nitrogen and oxygen atoms in total. The summed E-state index contributed by atoms with van der Waals surface area (Å²) in [6.07, 6.45) is 1.83. The fraction of sp³-hybridized carbons (Fsp3) is 0.0833. The quantitative estimate of drug-likeness (QED) is 0.481. The first-order valence-electron chi connectivity index (χ1n) is 9.50. The van der Waals surface area contributed by atoms with Gasteiger partial charge in [0, 0.05) is 5.02 Å². The van der Waals surface area contributed by atoms with E-state index in [0.717, 1.165) is 28.3 Å². The predicted octanol–water partition coefficient (Wildman–Crippen LogP) is 5.82. The molecule has 156 valence electrons. The molecule has 3 aromatic carbocycles. The number of rotatable bonds is 6. The lowest BCUT2D eigenvalue weighted by molar-refractivity contribution is -0.115. The van der Waals surface area contributed by atoms with Crippen LogP contribution < -0.4 is 14.8 Å². The molecule has 0 aromatic heterocycles. The van der Waals surface area contributed by atoms with Gasteiger partial charge in [0.15, 0.2) is 5.17 Å². The summed E-state index contributed by atoms with van der Waals surface area (Å²) >= 11 is 7.21. The number of thioether (sulfide) groups is 1. The van der Waals surface area contributed by atoms with Gasteiger partial charge in [-0.2, -0.15) is 0 Å². The Hall–Kier alpha value is -3.22. The van der Waals surface area contributed by atoms with Crippen LogP contribution in [-0.2, 0) is 11.4 Å². The molecule has 4 rings (SSSR count). The van der Waals surface area contributed by atoms with Crippen molar-refractivity contribution in [3.63, 3.8) is 0 Å². The van der Waals surface area contributed by atoms with Gasteiger partial charge >= 0.3 is 0 Å². The summed E-state index contributed by atoms with van der Waals surface area (Å²) in [6, 6.07) is 22.5. The Bertz CT molecular complexity index is 1120. The first kappa shape index (κ1) is 21.0. The van der Waals surface area contributed by atoms with E-state index in [2.05, 4.69) is 10.3 Å². The maximum Gasteiger partial charge on any atom is 0.264 e. The summed E-state index contributed by atoms with van der Waals surface area (Å²) < 4.78 is 10.9. The lowest BCUT2D eigenvalue weighted by atomic mass is 10.2. The zero-order chi connectivity index (χ0) is 21.6. The van der Waals surface area contributed by atoms with Gasteiger partial charge in [-0.3, -0.25) is 4.79 Å². The largest absolute Gasteiger partial charge is 0.497 e. The van der Waals surface area contributed by atoms with Gasteiger partial charge in [-0.25, -0.2) is 4.99 Å². The molecule has 1 heterocycles. The highest BCUT2D eigenvalue weighted by Crippen LogP contribution is 2.29. The maximum atomic E-state index is 12.3. The Morgan fingerprint density at radius 2 is 1.65 bits per heavy atom. The molecule has 0 saturated carbocycles. The van der Waals surface area contributed by atoms with E-state index in [0.29, 0.717) is 21.7 Å². The van der Waals surface area contributed by atoms with E-state index in [4.69, 9.17) is 21.1 Å². The number of benzene rings is 3. The summed E-state index contributed by atoms with van der Waals surface area (Å²) in [7, 11) is 1.61. The predicted molar refractivity (Wildman–Crippen MR) is 126 cm³/mol. The highest BCUT2D eigenvalue weighted by Gasteiger charge is 2.23. The van der Waals surface area contributed by atoms with Crippen LogP contribution in [-0.4, -0.2) is 18.2 Å². The number of carbonyl (C=O) groups excluding carboxylic acids is 1. The number of nitrogens with one attached hydrogen (secondary N) is 1. The van der Waals surface area contributed by atoms with Crippen LogP contribution in [0.1, 0.15) is 11.1 Å². The second-order valence-corrected chi connectivity index (χ2v) is 8.13. The van der Waals surface area contributed by atoms with Gasteiger partial charge in [0.1, 0.15) is 18.1 Å². The Morgan fingerprint density at radius 3 is 2.32 bits per heavy atom. The fourth-order valence-electron chi connectivity index (χ4n) is 2.81. The summed E-state index contributed by atoms with van der Waals surface area (Å²) in [5, 5.41) is 4.04. The van der Waals surface area contributed by atoms with Gasteiger partial charge in [-0.15, -0.1) is 0 Å². The van der Waals surface area contributed by atoms with E-state index in [-0.39, 0.29) is 5.91 Å². The van der Waals surface area contributed by atoms with Gasteiger partial charge in [0.05, 0.1) is 17.7 Å². The summed E-state index contributed by atoms with van der Waals surface area (Å²) in [6.45, 7) is 0.459. The lowest BCUT2D eigenvalue weighted by Crippen LogP contribution is -2.19.